The van der Waals surface area contributed by atoms with Crippen LogP contribution in [0.25, 0.3) is 0 Å². The van der Waals surface area contributed by atoms with Crippen LogP contribution >= 0.6 is 12.4 Å². The quantitative estimate of drug-likeness (QED) is 0.926. The second kappa shape index (κ2) is 7.44. The first kappa shape index (κ1) is 17.3. The maximum absolute atomic E-state index is 12.7. The Kier molecular flexibility index (Phi) is 5.84. The molecule has 5 heteroatoms. The third-order valence-electron chi connectivity index (χ3n) is 4.90. The number of hydrogen-bond acceptors (Lipinski definition) is 3. The summed E-state index contributed by atoms with van der Waals surface area (Å²) in [5.74, 6) is 0.936. The van der Waals surface area contributed by atoms with Crippen LogP contribution in [0.3, 0.4) is 0 Å². The molecule has 122 valence electrons. The van der Waals surface area contributed by atoms with Gasteiger partial charge in [0.1, 0.15) is 0 Å². The zero-order chi connectivity index (χ0) is 14.8. The summed E-state index contributed by atoms with van der Waals surface area (Å²) >= 11 is 0. The first-order valence-electron chi connectivity index (χ1n) is 8.01. The number of carbonyl (C=O) groups is 1. The van der Waals surface area contributed by atoms with E-state index in [0.29, 0.717) is 19.1 Å². The van der Waals surface area contributed by atoms with Crippen molar-refractivity contribution < 1.29 is 4.79 Å². The number of nitrogens with two attached hydrogens (primary N) is 1. The third kappa shape index (κ3) is 3.45. The lowest BCUT2D eigenvalue weighted by atomic mass is 9.92. The largest absolute Gasteiger partial charge is 0.329 e. The molecule has 1 amide bonds. The van der Waals surface area contributed by atoms with Gasteiger partial charge in [-0.1, -0.05) is 25.1 Å². The van der Waals surface area contributed by atoms with Gasteiger partial charge in [0.15, 0.2) is 0 Å². The zero-order valence-corrected chi connectivity index (χ0v) is 14.0. The summed E-state index contributed by atoms with van der Waals surface area (Å²) in [6.45, 7) is 5.23. The van der Waals surface area contributed by atoms with Gasteiger partial charge >= 0.3 is 0 Å². The van der Waals surface area contributed by atoms with Crippen molar-refractivity contribution in [3.63, 3.8) is 0 Å². The minimum Gasteiger partial charge on any atom is -0.329 e. The van der Waals surface area contributed by atoms with Gasteiger partial charge in [-0.15, -0.1) is 12.4 Å². The highest BCUT2D eigenvalue weighted by Crippen LogP contribution is 2.28. The lowest BCUT2D eigenvalue weighted by Gasteiger charge is -2.38. The van der Waals surface area contributed by atoms with Gasteiger partial charge in [-0.3, -0.25) is 9.69 Å². The predicted octanol–water partition coefficient (Wildman–Crippen LogP) is 2.06. The number of likely N-dealkylation sites (tertiary alicyclic amines) is 1. The van der Waals surface area contributed by atoms with E-state index < -0.39 is 0 Å². The third-order valence-corrected chi connectivity index (χ3v) is 4.90. The minimum absolute atomic E-state index is 0. The van der Waals surface area contributed by atoms with E-state index in [9.17, 15) is 4.79 Å². The number of para-hydroxylation sites is 1. The summed E-state index contributed by atoms with van der Waals surface area (Å²) in [4.78, 5) is 16.9. The van der Waals surface area contributed by atoms with Crippen molar-refractivity contribution in [1.29, 1.82) is 0 Å². The van der Waals surface area contributed by atoms with E-state index in [4.69, 9.17) is 5.73 Å². The molecule has 0 saturated carbocycles. The first-order valence-corrected chi connectivity index (χ1v) is 8.01. The fourth-order valence-corrected chi connectivity index (χ4v) is 3.61. The molecule has 1 saturated heterocycles. The van der Waals surface area contributed by atoms with E-state index >= 15 is 0 Å². The van der Waals surface area contributed by atoms with Gasteiger partial charge in [0.2, 0.25) is 5.91 Å². The SMILES string of the molecule is CC1CCN(CC(=O)N2CCc3ccccc32)C(CN)C1.Cl. The molecule has 0 aromatic heterocycles. The highest BCUT2D eigenvalue weighted by molar-refractivity contribution is 5.96. The van der Waals surface area contributed by atoms with Crippen molar-refractivity contribution in [1.82, 2.24) is 4.90 Å². The molecule has 1 aromatic rings. The Labute approximate surface area is 139 Å². The Balaban J connectivity index is 0.00000176. The Morgan fingerprint density at radius 1 is 1.32 bits per heavy atom. The van der Waals surface area contributed by atoms with Gasteiger partial charge in [0, 0.05) is 24.8 Å². The van der Waals surface area contributed by atoms with Crippen LogP contribution in [0.5, 0.6) is 0 Å². The Morgan fingerprint density at radius 3 is 2.86 bits per heavy atom. The molecule has 2 aliphatic heterocycles. The van der Waals surface area contributed by atoms with Crippen molar-refractivity contribution in [2.45, 2.75) is 32.2 Å². The maximum atomic E-state index is 12.7. The van der Waals surface area contributed by atoms with Crippen molar-refractivity contribution in [3.05, 3.63) is 29.8 Å². The topological polar surface area (TPSA) is 49.6 Å². The van der Waals surface area contributed by atoms with Crippen molar-refractivity contribution >= 4 is 24.0 Å². The van der Waals surface area contributed by atoms with Gasteiger partial charge in [-0.2, -0.15) is 0 Å². The van der Waals surface area contributed by atoms with E-state index in [2.05, 4.69) is 24.0 Å². The first-order chi connectivity index (χ1) is 10.2. The van der Waals surface area contributed by atoms with Gasteiger partial charge in [-0.05, 0) is 43.4 Å². The Hall–Kier alpha value is -1.10. The van der Waals surface area contributed by atoms with Crippen LogP contribution in [0.1, 0.15) is 25.3 Å². The average Bonchev–Trinajstić information content (AvgIpc) is 2.93. The number of halogens is 1. The number of anilines is 1. The smallest absolute Gasteiger partial charge is 0.241 e. The molecule has 2 heterocycles. The van der Waals surface area contributed by atoms with E-state index in [0.717, 1.165) is 37.5 Å². The summed E-state index contributed by atoms with van der Waals surface area (Å²) in [7, 11) is 0. The molecular weight excluding hydrogens is 298 g/mol. The zero-order valence-electron chi connectivity index (χ0n) is 13.2. The van der Waals surface area contributed by atoms with Crippen LogP contribution in [0.15, 0.2) is 24.3 Å². The summed E-state index contributed by atoms with van der Waals surface area (Å²) < 4.78 is 0. The summed E-state index contributed by atoms with van der Waals surface area (Å²) in [6, 6.07) is 8.58. The van der Waals surface area contributed by atoms with Gasteiger partial charge in [0.25, 0.3) is 0 Å². The summed E-state index contributed by atoms with van der Waals surface area (Å²) in [6.07, 6.45) is 3.25. The lowest BCUT2D eigenvalue weighted by molar-refractivity contribution is -0.120. The molecule has 2 N–H and O–H groups in total. The van der Waals surface area contributed by atoms with Crippen molar-refractivity contribution in [2.24, 2.45) is 11.7 Å². The second-order valence-electron chi connectivity index (χ2n) is 6.41. The number of benzene rings is 1. The Bertz CT molecular complexity index is 522. The highest BCUT2D eigenvalue weighted by Gasteiger charge is 2.30. The van der Waals surface area contributed by atoms with Crippen LogP contribution in [0, 0.1) is 5.92 Å². The fraction of sp³-hybridized carbons (Fsp3) is 0.588. The monoisotopic (exact) mass is 323 g/mol. The van der Waals surface area contributed by atoms with Crippen molar-refractivity contribution in [3.8, 4) is 0 Å². The fourth-order valence-electron chi connectivity index (χ4n) is 3.61. The summed E-state index contributed by atoms with van der Waals surface area (Å²) in [5.41, 5.74) is 8.28. The molecule has 1 aromatic carbocycles. The van der Waals surface area contributed by atoms with Crippen LogP contribution < -0.4 is 10.6 Å². The average molecular weight is 324 g/mol. The summed E-state index contributed by atoms with van der Waals surface area (Å²) in [5, 5.41) is 0. The number of fused-ring (bicyclic) bond motifs is 1. The maximum Gasteiger partial charge on any atom is 0.241 e. The molecule has 2 atom stereocenters. The van der Waals surface area contributed by atoms with E-state index in [1.807, 2.05) is 17.0 Å². The van der Waals surface area contributed by atoms with E-state index in [-0.39, 0.29) is 18.3 Å². The molecule has 2 unspecified atom stereocenters. The number of hydrogen-bond donors (Lipinski definition) is 1. The van der Waals surface area contributed by atoms with Gasteiger partial charge in [-0.25, -0.2) is 0 Å². The van der Waals surface area contributed by atoms with E-state index in [1.165, 1.54) is 12.0 Å². The number of amides is 1. The van der Waals surface area contributed by atoms with Crippen molar-refractivity contribution in [2.75, 3.05) is 31.1 Å². The van der Waals surface area contributed by atoms with Gasteiger partial charge < -0.3 is 10.6 Å². The molecule has 2 aliphatic rings. The lowest BCUT2D eigenvalue weighted by Crippen LogP contribution is -2.50. The molecule has 1 fully saturated rings. The minimum atomic E-state index is 0. The van der Waals surface area contributed by atoms with Gasteiger partial charge in [0.05, 0.1) is 6.54 Å². The molecule has 22 heavy (non-hydrogen) atoms. The number of rotatable bonds is 3. The van der Waals surface area contributed by atoms with Crippen LogP contribution in [0.2, 0.25) is 0 Å². The Morgan fingerprint density at radius 2 is 2.09 bits per heavy atom. The molecular formula is C17H26ClN3O. The predicted molar refractivity (Wildman–Crippen MR) is 92.6 cm³/mol. The number of piperidine rings is 1. The number of nitrogens with zero attached hydrogens (tertiary/aromatic N) is 2. The normalized spacial score (nSPS) is 24.7. The highest BCUT2D eigenvalue weighted by atomic mass is 35.5. The molecule has 4 nitrogen and oxygen atoms in total. The number of carbonyl (C=O) groups excluding carboxylic acids is 1. The van der Waals surface area contributed by atoms with Crippen LogP contribution in [0.4, 0.5) is 5.69 Å². The van der Waals surface area contributed by atoms with Crippen LogP contribution in [-0.4, -0.2) is 43.0 Å². The molecule has 0 spiro atoms. The second-order valence-corrected chi connectivity index (χ2v) is 6.41. The molecule has 0 aliphatic carbocycles. The standard InChI is InChI=1S/C17H25N3O.ClH/c1-13-6-8-19(15(10-13)11-18)12-17(21)20-9-7-14-4-2-3-5-16(14)20;/h2-5,13,15H,6-12,18H2,1H3;1H. The molecule has 0 bridgehead atoms. The van der Waals surface area contributed by atoms with Crippen LogP contribution in [-0.2, 0) is 11.2 Å². The van der Waals surface area contributed by atoms with E-state index in [1.54, 1.807) is 0 Å². The molecule has 0 radical (unpaired) electrons. The molecule has 3 rings (SSSR count).